The Morgan fingerprint density at radius 3 is 2.05 bits per heavy atom. The third-order valence-corrected chi connectivity index (χ3v) is 2.95. The van der Waals surface area contributed by atoms with E-state index in [4.69, 9.17) is 28.3 Å². The molecule has 3 N–H and O–H groups in total. The van der Waals surface area contributed by atoms with Crippen molar-refractivity contribution in [3.63, 3.8) is 0 Å². The van der Waals surface area contributed by atoms with Gasteiger partial charge in [0.2, 0.25) is 0 Å². The summed E-state index contributed by atoms with van der Waals surface area (Å²) in [6.45, 7) is 5.17. The van der Waals surface area contributed by atoms with Crippen LogP contribution in [0.3, 0.4) is 0 Å². The van der Waals surface area contributed by atoms with E-state index in [0.717, 1.165) is 0 Å². The molecule has 7 heteroatoms. The van der Waals surface area contributed by atoms with Gasteiger partial charge in [0, 0.05) is 15.7 Å². The number of urea groups is 1. The van der Waals surface area contributed by atoms with Gasteiger partial charge in [0.25, 0.3) is 0 Å². The Morgan fingerprint density at radius 2 is 1.65 bits per heavy atom. The zero-order chi connectivity index (χ0) is 15.5. The van der Waals surface area contributed by atoms with Crippen molar-refractivity contribution in [3.05, 3.63) is 28.2 Å². The molecule has 20 heavy (non-hydrogen) atoms. The monoisotopic (exact) mass is 318 g/mol. The van der Waals surface area contributed by atoms with Crippen LogP contribution in [0.1, 0.15) is 20.8 Å². The van der Waals surface area contributed by atoms with E-state index in [9.17, 15) is 9.59 Å². The van der Waals surface area contributed by atoms with Gasteiger partial charge in [0.15, 0.2) is 0 Å². The van der Waals surface area contributed by atoms with Crippen LogP contribution in [0.5, 0.6) is 0 Å². The first kappa shape index (κ1) is 16.6. The molecule has 1 aromatic rings. The summed E-state index contributed by atoms with van der Waals surface area (Å²) in [4.78, 5) is 23.0. The van der Waals surface area contributed by atoms with Crippen molar-refractivity contribution in [2.75, 3.05) is 5.32 Å². The van der Waals surface area contributed by atoms with Gasteiger partial charge >= 0.3 is 12.0 Å². The lowest BCUT2D eigenvalue weighted by Crippen LogP contribution is -2.50. The van der Waals surface area contributed by atoms with Crippen molar-refractivity contribution in [2.45, 2.75) is 26.8 Å². The lowest BCUT2D eigenvalue weighted by atomic mass is 9.87. The third kappa shape index (κ3) is 4.90. The van der Waals surface area contributed by atoms with E-state index in [1.165, 1.54) is 18.2 Å². The number of benzene rings is 1. The summed E-state index contributed by atoms with van der Waals surface area (Å²) in [7, 11) is 0. The number of hydrogen-bond donors (Lipinski definition) is 3. The van der Waals surface area contributed by atoms with Crippen LogP contribution in [0.15, 0.2) is 18.2 Å². The van der Waals surface area contributed by atoms with E-state index in [2.05, 4.69) is 10.6 Å². The van der Waals surface area contributed by atoms with Crippen LogP contribution in [0, 0.1) is 5.41 Å². The first-order valence-corrected chi connectivity index (χ1v) is 6.61. The normalized spacial score (nSPS) is 12.7. The predicted molar refractivity (Wildman–Crippen MR) is 79.5 cm³/mol. The molecule has 1 rings (SSSR count). The van der Waals surface area contributed by atoms with Gasteiger partial charge in [-0.25, -0.2) is 9.59 Å². The molecule has 0 aliphatic rings. The maximum atomic E-state index is 11.8. The van der Waals surface area contributed by atoms with E-state index < -0.39 is 23.5 Å². The smallest absolute Gasteiger partial charge is 0.326 e. The maximum absolute atomic E-state index is 11.8. The van der Waals surface area contributed by atoms with E-state index in [1.807, 2.05) is 0 Å². The second-order valence-corrected chi connectivity index (χ2v) is 6.27. The number of hydrogen-bond acceptors (Lipinski definition) is 2. The lowest BCUT2D eigenvalue weighted by molar-refractivity contribution is -0.141. The summed E-state index contributed by atoms with van der Waals surface area (Å²) in [5.41, 5.74) is -0.229. The summed E-state index contributed by atoms with van der Waals surface area (Å²) in [6.07, 6.45) is 0. The fourth-order valence-corrected chi connectivity index (χ4v) is 2.10. The number of aliphatic carboxylic acids is 1. The molecular formula is C13H16Cl2N2O3. The first-order chi connectivity index (χ1) is 9.09. The molecule has 5 nitrogen and oxygen atoms in total. The summed E-state index contributed by atoms with van der Waals surface area (Å²) >= 11 is 11.6. The van der Waals surface area contributed by atoms with Crippen LogP contribution >= 0.6 is 23.2 Å². The minimum atomic E-state index is -1.10. The Hall–Kier alpha value is -1.46. The molecule has 1 aromatic carbocycles. The number of carboxylic acids is 1. The highest BCUT2D eigenvalue weighted by atomic mass is 35.5. The first-order valence-electron chi connectivity index (χ1n) is 5.86. The van der Waals surface area contributed by atoms with Crippen molar-refractivity contribution < 1.29 is 14.7 Å². The number of halogens is 2. The number of nitrogens with one attached hydrogen (secondary N) is 2. The molecule has 2 amide bonds. The molecule has 1 unspecified atom stereocenters. The van der Waals surface area contributed by atoms with Gasteiger partial charge in [-0.1, -0.05) is 44.0 Å². The highest BCUT2D eigenvalue weighted by molar-refractivity contribution is 6.35. The van der Waals surface area contributed by atoms with Crippen molar-refractivity contribution >= 4 is 40.9 Å². The average molecular weight is 319 g/mol. The van der Waals surface area contributed by atoms with Crippen LogP contribution in [-0.4, -0.2) is 23.1 Å². The fraction of sp³-hybridized carbons (Fsp3) is 0.385. The average Bonchev–Trinajstić information content (AvgIpc) is 2.22. The fourth-order valence-electron chi connectivity index (χ4n) is 1.57. The van der Waals surface area contributed by atoms with E-state index in [1.54, 1.807) is 20.8 Å². The highest BCUT2D eigenvalue weighted by Crippen LogP contribution is 2.23. The maximum Gasteiger partial charge on any atom is 0.326 e. The van der Waals surface area contributed by atoms with Crippen molar-refractivity contribution in [1.29, 1.82) is 0 Å². The molecular weight excluding hydrogens is 303 g/mol. The van der Waals surface area contributed by atoms with Gasteiger partial charge in [-0.2, -0.15) is 0 Å². The molecule has 0 radical (unpaired) electrons. The van der Waals surface area contributed by atoms with Gasteiger partial charge in [0.05, 0.1) is 0 Å². The largest absolute Gasteiger partial charge is 0.480 e. The van der Waals surface area contributed by atoms with Crippen LogP contribution in [0.4, 0.5) is 10.5 Å². The summed E-state index contributed by atoms with van der Waals surface area (Å²) in [5, 5.41) is 14.8. The topological polar surface area (TPSA) is 78.4 Å². The number of rotatable bonds is 3. The molecule has 0 bridgehead atoms. The molecule has 1 atom stereocenters. The number of carbonyl (C=O) groups is 2. The Kier molecular flexibility index (Phi) is 5.25. The molecule has 0 aliphatic carbocycles. The Balaban J connectivity index is 2.78. The van der Waals surface area contributed by atoms with E-state index >= 15 is 0 Å². The van der Waals surface area contributed by atoms with Crippen molar-refractivity contribution in [1.82, 2.24) is 5.32 Å². The quantitative estimate of drug-likeness (QED) is 0.796. The predicted octanol–water partition coefficient (Wildman–Crippen LogP) is 3.61. The van der Waals surface area contributed by atoms with Crippen molar-refractivity contribution in [3.8, 4) is 0 Å². The minimum Gasteiger partial charge on any atom is -0.480 e. The standard InChI is InChI=1S/C13H16Cl2N2O3/c1-13(2,3)10(11(18)19)17-12(20)16-9-5-7(14)4-8(15)6-9/h4-6,10H,1-3H3,(H,18,19)(H2,16,17,20). The Labute approximate surface area is 127 Å². The van der Waals surface area contributed by atoms with Gasteiger partial charge in [-0.3, -0.25) is 0 Å². The van der Waals surface area contributed by atoms with E-state index in [0.29, 0.717) is 15.7 Å². The highest BCUT2D eigenvalue weighted by Gasteiger charge is 2.32. The van der Waals surface area contributed by atoms with Gasteiger partial charge in [-0.15, -0.1) is 0 Å². The van der Waals surface area contributed by atoms with Gasteiger partial charge < -0.3 is 15.7 Å². The molecule has 0 saturated heterocycles. The van der Waals surface area contributed by atoms with E-state index in [-0.39, 0.29) is 0 Å². The number of carbonyl (C=O) groups excluding carboxylic acids is 1. The SMILES string of the molecule is CC(C)(C)C(NC(=O)Nc1cc(Cl)cc(Cl)c1)C(=O)O. The minimum absolute atomic E-state index is 0.374. The second kappa shape index (κ2) is 6.33. The Bertz CT molecular complexity index is 507. The molecule has 0 heterocycles. The third-order valence-electron chi connectivity index (χ3n) is 2.51. The number of carboxylic acid groups (broad SMARTS) is 1. The lowest BCUT2D eigenvalue weighted by Gasteiger charge is -2.27. The second-order valence-electron chi connectivity index (χ2n) is 5.39. The van der Waals surface area contributed by atoms with Crippen LogP contribution < -0.4 is 10.6 Å². The summed E-state index contributed by atoms with van der Waals surface area (Å²) in [5.74, 6) is -1.10. The number of anilines is 1. The van der Waals surface area contributed by atoms with Gasteiger partial charge in [0.1, 0.15) is 6.04 Å². The molecule has 0 spiro atoms. The Morgan fingerprint density at radius 1 is 1.15 bits per heavy atom. The molecule has 0 aliphatic heterocycles. The zero-order valence-electron chi connectivity index (χ0n) is 11.3. The van der Waals surface area contributed by atoms with Crippen molar-refractivity contribution in [2.24, 2.45) is 5.41 Å². The molecule has 0 saturated carbocycles. The summed E-state index contributed by atoms with van der Waals surface area (Å²) in [6, 6.07) is 2.91. The van der Waals surface area contributed by atoms with Gasteiger partial charge in [-0.05, 0) is 23.6 Å². The molecule has 0 fully saturated rings. The van der Waals surface area contributed by atoms with Crippen LogP contribution in [0.2, 0.25) is 10.0 Å². The van der Waals surface area contributed by atoms with Crippen LogP contribution in [0.25, 0.3) is 0 Å². The molecule has 110 valence electrons. The van der Waals surface area contributed by atoms with Crippen LogP contribution in [-0.2, 0) is 4.79 Å². The number of amides is 2. The summed E-state index contributed by atoms with van der Waals surface area (Å²) < 4.78 is 0. The zero-order valence-corrected chi connectivity index (χ0v) is 12.8. The molecule has 0 aromatic heterocycles.